The maximum absolute atomic E-state index is 6.15. The van der Waals surface area contributed by atoms with Gasteiger partial charge in [0.15, 0.2) is 5.89 Å². The van der Waals surface area contributed by atoms with Gasteiger partial charge in [0.05, 0.1) is 18.5 Å². The Labute approximate surface area is 143 Å². The van der Waals surface area contributed by atoms with Gasteiger partial charge in [-0.15, -0.1) is 0 Å². The van der Waals surface area contributed by atoms with Crippen molar-refractivity contribution in [2.24, 2.45) is 5.92 Å². The van der Waals surface area contributed by atoms with Crippen LogP contribution in [-0.2, 0) is 23.7 Å². The summed E-state index contributed by atoms with van der Waals surface area (Å²) in [5, 5.41) is 0. The minimum atomic E-state index is -0.0318. The standard InChI is InChI=1S/C20H26N2O2/c1-11-22-15-10-20(4)13-9-16(23-5)14(21)8-12(13)6-7-17(20)19(2,3)18(15)24-11/h8-9,17H,6-7,10,21H2,1-5H3/t17-,20+/m0/s1. The minimum absolute atomic E-state index is 0.0222. The summed E-state index contributed by atoms with van der Waals surface area (Å²) < 4.78 is 11.5. The van der Waals surface area contributed by atoms with Crippen molar-refractivity contribution < 1.29 is 9.15 Å². The van der Waals surface area contributed by atoms with Crippen molar-refractivity contribution in [2.45, 2.75) is 57.8 Å². The molecule has 1 heterocycles. The van der Waals surface area contributed by atoms with Crippen molar-refractivity contribution in [3.63, 3.8) is 0 Å². The fraction of sp³-hybridized carbons (Fsp3) is 0.550. The fourth-order valence-corrected chi connectivity index (χ4v) is 5.34. The van der Waals surface area contributed by atoms with Crippen LogP contribution in [-0.4, -0.2) is 12.1 Å². The van der Waals surface area contributed by atoms with Crippen LogP contribution in [0.15, 0.2) is 16.5 Å². The number of nitrogens with zero attached hydrogens (tertiary/aromatic N) is 1. The van der Waals surface area contributed by atoms with Crippen LogP contribution in [0.25, 0.3) is 0 Å². The first-order chi connectivity index (χ1) is 11.3. The molecule has 4 heteroatoms. The van der Waals surface area contributed by atoms with Crippen molar-refractivity contribution >= 4 is 5.69 Å². The number of hydrogen-bond donors (Lipinski definition) is 1. The van der Waals surface area contributed by atoms with Gasteiger partial charge in [-0.1, -0.05) is 20.8 Å². The molecule has 2 N–H and O–H groups in total. The fourth-order valence-electron chi connectivity index (χ4n) is 5.34. The van der Waals surface area contributed by atoms with E-state index in [1.807, 2.05) is 6.92 Å². The van der Waals surface area contributed by atoms with Crippen molar-refractivity contribution in [1.82, 2.24) is 4.98 Å². The molecule has 2 aliphatic rings. The zero-order valence-corrected chi connectivity index (χ0v) is 15.2. The van der Waals surface area contributed by atoms with Crippen LogP contribution in [0, 0.1) is 12.8 Å². The number of nitrogens with two attached hydrogens (primary N) is 1. The molecule has 2 aromatic rings. The molecule has 0 radical (unpaired) electrons. The number of aromatic nitrogens is 1. The van der Waals surface area contributed by atoms with Gasteiger partial charge >= 0.3 is 0 Å². The lowest BCUT2D eigenvalue weighted by Gasteiger charge is -2.52. The summed E-state index contributed by atoms with van der Waals surface area (Å²) in [7, 11) is 1.69. The number of ether oxygens (including phenoxy) is 1. The van der Waals surface area contributed by atoms with Crippen LogP contribution in [0.4, 0.5) is 5.69 Å². The normalized spacial score (nSPS) is 27.1. The molecule has 4 rings (SSSR count). The van der Waals surface area contributed by atoms with E-state index >= 15 is 0 Å². The second-order valence-corrected chi connectivity index (χ2v) is 8.17. The quantitative estimate of drug-likeness (QED) is 0.807. The molecule has 1 aromatic carbocycles. The lowest BCUT2D eigenvalue weighted by molar-refractivity contribution is 0.117. The number of methoxy groups -OCH3 is 1. The molecule has 0 fully saturated rings. The Morgan fingerprint density at radius 3 is 2.75 bits per heavy atom. The van der Waals surface area contributed by atoms with Crippen LogP contribution in [0.5, 0.6) is 5.75 Å². The molecular weight excluding hydrogens is 300 g/mol. The third-order valence-corrected chi connectivity index (χ3v) is 6.34. The largest absolute Gasteiger partial charge is 0.495 e. The van der Waals surface area contributed by atoms with E-state index in [0.29, 0.717) is 5.92 Å². The Kier molecular flexibility index (Phi) is 3.09. The molecule has 128 valence electrons. The lowest BCUT2D eigenvalue weighted by Crippen LogP contribution is -2.51. The monoisotopic (exact) mass is 326 g/mol. The van der Waals surface area contributed by atoms with Gasteiger partial charge in [-0.05, 0) is 42.0 Å². The van der Waals surface area contributed by atoms with E-state index in [0.717, 1.165) is 48.0 Å². The average molecular weight is 326 g/mol. The Morgan fingerprint density at radius 1 is 1.29 bits per heavy atom. The van der Waals surface area contributed by atoms with Gasteiger partial charge < -0.3 is 14.9 Å². The van der Waals surface area contributed by atoms with E-state index in [-0.39, 0.29) is 10.8 Å². The van der Waals surface area contributed by atoms with Gasteiger partial charge in [0.2, 0.25) is 0 Å². The van der Waals surface area contributed by atoms with Crippen LogP contribution in [0.1, 0.15) is 55.7 Å². The zero-order valence-electron chi connectivity index (χ0n) is 15.2. The van der Waals surface area contributed by atoms with Gasteiger partial charge in [0, 0.05) is 24.2 Å². The number of oxazole rings is 1. The van der Waals surface area contributed by atoms with Gasteiger partial charge in [-0.2, -0.15) is 0 Å². The molecule has 0 saturated carbocycles. The highest BCUT2D eigenvalue weighted by Gasteiger charge is 2.54. The molecule has 0 amide bonds. The SMILES string of the molecule is COc1cc2c(cc1N)CC[C@H]1C(C)(C)c3oc(C)nc3C[C@]21C. The van der Waals surface area contributed by atoms with Crippen LogP contribution < -0.4 is 10.5 Å². The predicted molar refractivity (Wildman–Crippen MR) is 94.5 cm³/mol. The maximum atomic E-state index is 6.15. The highest BCUT2D eigenvalue weighted by atomic mass is 16.5. The summed E-state index contributed by atoms with van der Waals surface area (Å²) in [4.78, 5) is 4.69. The number of anilines is 1. The summed E-state index contributed by atoms with van der Waals surface area (Å²) in [6.45, 7) is 8.92. The zero-order chi connectivity index (χ0) is 17.3. The van der Waals surface area contributed by atoms with Gasteiger partial charge in [-0.25, -0.2) is 4.98 Å². The topological polar surface area (TPSA) is 61.3 Å². The summed E-state index contributed by atoms with van der Waals surface area (Å²) in [5.41, 5.74) is 10.7. The van der Waals surface area contributed by atoms with E-state index < -0.39 is 0 Å². The molecule has 0 spiro atoms. The van der Waals surface area contributed by atoms with E-state index in [1.54, 1.807) is 7.11 Å². The number of aryl methyl sites for hydroxylation is 2. The third-order valence-electron chi connectivity index (χ3n) is 6.34. The van der Waals surface area contributed by atoms with Crippen molar-refractivity contribution in [2.75, 3.05) is 12.8 Å². The maximum Gasteiger partial charge on any atom is 0.191 e. The smallest absolute Gasteiger partial charge is 0.191 e. The van der Waals surface area contributed by atoms with Crippen molar-refractivity contribution in [3.05, 3.63) is 40.6 Å². The second kappa shape index (κ2) is 4.78. The molecular formula is C20H26N2O2. The van der Waals surface area contributed by atoms with E-state index in [9.17, 15) is 0 Å². The van der Waals surface area contributed by atoms with Gasteiger partial charge in [0.25, 0.3) is 0 Å². The molecule has 0 aliphatic heterocycles. The Bertz CT molecular complexity index is 821. The molecule has 1 aromatic heterocycles. The summed E-state index contributed by atoms with van der Waals surface area (Å²) in [5.74, 6) is 3.13. The van der Waals surface area contributed by atoms with Gasteiger partial charge in [0.1, 0.15) is 11.5 Å². The van der Waals surface area contributed by atoms with Crippen molar-refractivity contribution in [3.8, 4) is 5.75 Å². The van der Waals surface area contributed by atoms with Crippen LogP contribution in [0.2, 0.25) is 0 Å². The van der Waals surface area contributed by atoms with Crippen molar-refractivity contribution in [1.29, 1.82) is 0 Å². The first kappa shape index (κ1) is 15.6. The summed E-state index contributed by atoms with van der Waals surface area (Å²) in [6.07, 6.45) is 3.10. The first-order valence-electron chi connectivity index (χ1n) is 8.71. The first-order valence-corrected chi connectivity index (χ1v) is 8.71. The minimum Gasteiger partial charge on any atom is -0.495 e. The molecule has 0 bridgehead atoms. The Morgan fingerprint density at radius 2 is 2.04 bits per heavy atom. The summed E-state index contributed by atoms with van der Waals surface area (Å²) in [6, 6.07) is 4.26. The predicted octanol–water partition coefficient (Wildman–Crippen LogP) is 3.93. The number of benzene rings is 1. The molecule has 0 saturated heterocycles. The van der Waals surface area contributed by atoms with E-state index in [1.165, 1.54) is 11.1 Å². The number of nitrogen functional groups attached to an aromatic ring is 1. The number of fused-ring (bicyclic) bond motifs is 4. The third kappa shape index (κ3) is 1.89. The van der Waals surface area contributed by atoms with E-state index in [4.69, 9.17) is 19.9 Å². The van der Waals surface area contributed by atoms with Gasteiger partial charge in [-0.3, -0.25) is 0 Å². The molecule has 2 aliphatic carbocycles. The second-order valence-electron chi connectivity index (χ2n) is 8.17. The molecule has 0 unspecified atom stereocenters. The van der Waals surface area contributed by atoms with Crippen LogP contribution in [0.3, 0.4) is 0 Å². The lowest BCUT2D eigenvalue weighted by atomic mass is 9.51. The van der Waals surface area contributed by atoms with E-state index in [2.05, 4.69) is 32.9 Å². The molecule has 2 atom stereocenters. The van der Waals surface area contributed by atoms with Crippen LogP contribution >= 0.6 is 0 Å². The molecule has 24 heavy (non-hydrogen) atoms. The highest BCUT2D eigenvalue weighted by Crippen LogP contribution is 2.57. The average Bonchev–Trinajstić information content (AvgIpc) is 2.87. The Hall–Kier alpha value is -1.97. The Balaban J connectivity index is 1.94. The molecule has 4 nitrogen and oxygen atoms in total. The number of hydrogen-bond acceptors (Lipinski definition) is 4. The summed E-state index contributed by atoms with van der Waals surface area (Å²) >= 11 is 0. The number of rotatable bonds is 1. The highest BCUT2D eigenvalue weighted by molar-refractivity contribution is 5.60.